The molecule has 4 atom stereocenters. The summed E-state index contributed by atoms with van der Waals surface area (Å²) in [6.45, 7) is 5.79. The van der Waals surface area contributed by atoms with Crippen LogP contribution in [0.2, 0.25) is 10.0 Å². The predicted molar refractivity (Wildman–Crippen MR) is 115 cm³/mol. The van der Waals surface area contributed by atoms with E-state index in [9.17, 15) is 15.2 Å². The Hall–Kier alpha value is -2.20. The smallest absolute Gasteiger partial charge is 0.321 e. The van der Waals surface area contributed by atoms with Crippen LogP contribution in [0.1, 0.15) is 44.2 Å². The molecule has 1 aliphatic rings. The van der Waals surface area contributed by atoms with Crippen molar-refractivity contribution in [3.05, 3.63) is 69.2 Å². The molecule has 0 amide bonds. The summed E-state index contributed by atoms with van der Waals surface area (Å²) in [5, 5.41) is 23.4. The number of carbonyl (C=O) groups is 1. The molecule has 3 rings (SSSR count). The van der Waals surface area contributed by atoms with Crippen molar-refractivity contribution in [2.24, 2.45) is 5.41 Å². The number of hydrogen-bond acceptors (Lipinski definition) is 3. The Morgan fingerprint density at radius 1 is 1.26 bits per heavy atom. The quantitative estimate of drug-likeness (QED) is 0.607. The summed E-state index contributed by atoms with van der Waals surface area (Å²) in [5.74, 6) is -4.09. The van der Waals surface area contributed by atoms with Gasteiger partial charge in [-0.15, -0.1) is 0 Å². The third-order valence-corrected chi connectivity index (χ3v) is 6.24. The second kappa shape index (κ2) is 8.38. The summed E-state index contributed by atoms with van der Waals surface area (Å²) >= 11 is 11.9. The second-order valence-electron chi connectivity index (χ2n) is 9.03. The summed E-state index contributed by atoms with van der Waals surface area (Å²) in [4.78, 5) is 12.2. The summed E-state index contributed by atoms with van der Waals surface area (Å²) in [6, 6.07) is 8.16. The Bertz CT molecular complexity index is 1060. The van der Waals surface area contributed by atoms with Gasteiger partial charge in [0.15, 0.2) is 0 Å². The highest BCUT2D eigenvalue weighted by Crippen LogP contribution is 2.52. The van der Waals surface area contributed by atoms with Gasteiger partial charge < -0.3 is 5.11 Å². The van der Waals surface area contributed by atoms with Gasteiger partial charge in [0, 0.05) is 22.5 Å². The van der Waals surface area contributed by atoms with Crippen molar-refractivity contribution in [2.75, 3.05) is 0 Å². The number of hydrogen-bond donors (Lipinski definition) is 2. The number of carboxylic acids is 1. The van der Waals surface area contributed by atoms with Crippen molar-refractivity contribution in [3.8, 4) is 6.07 Å². The van der Waals surface area contributed by atoms with Gasteiger partial charge in [0.2, 0.25) is 0 Å². The minimum atomic E-state index is -1.73. The zero-order valence-electron chi connectivity index (χ0n) is 17.2. The lowest BCUT2D eigenvalue weighted by molar-refractivity contribution is -0.139. The Balaban J connectivity index is 2.38. The minimum Gasteiger partial charge on any atom is -0.480 e. The molecule has 1 aliphatic heterocycles. The van der Waals surface area contributed by atoms with Crippen molar-refractivity contribution < 1.29 is 18.7 Å². The van der Waals surface area contributed by atoms with Crippen LogP contribution in [0.4, 0.5) is 8.78 Å². The van der Waals surface area contributed by atoms with Crippen molar-refractivity contribution in [1.82, 2.24) is 5.32 Å². The average molecular weight is 467 g/mol. The molecular formula is C23H22Cl2F2N2O2. The molecule has 1 fully saturated rings. The first-order valence-corrected chi connectivity index (χ1v) is 10.5. The van der Waals surface area contributed by atoms with E-state index in [1.54, 1.807) is 0 Å². The lowest BCUT2D eigenvalue weighted by Gasteiger charge is -2.37. The summed E-state index contributed by atoms with van der Waals surface area (Å²) in [7, 11) is 0. The molecule has 0 aromatic heterocycles. The van der Waals surface area contributed by atoms with Crippen LogP contribution in [0, 0.1) is 28.4 Å². The predicted octanol–water partition coefficient (Wildman–Crippen LogP) is 5.68. The van der Waals surface area contributed by atoms with Crippen LogP contribution in [-0.4, -0.2) is 23.2 Å². The molecule has 2 N–H and O–H groups in total. The van der Waals surface area contributed by atoms with Crippen LogP contribution in [0.5, 0.6) is 0 Å². The van der Waals surface area contributed by atoms with Gasteiger partial charge in [-0.25, -0.2) is 8.78 Å². The Morgan fingerprint density at radius 2 is 1.94 bits per heavy atom. The molecule has 164 valence electrons. The number of benzene rings is 2. The van der Waals surface area contributed by atoms with Crippen LogP contribution < -0.4 is 5.32 Å². The molecule has 4 nitrogen and oxygen atoms in total. The molecule has 0 aliphatic carbocycles. The van der Waals surface area contributed by atoms with Crippen molar-refractivity contribution in [2.45, 2.75) is 50.6 Å². The molecule has 1 unspecified atom stereocenters. The number of nitrogens with zero attached hydrogens (tertiary/aromatic N) is 1. The van der Waals surface area contributed by atoms with Gasteiger partial charge in [0.25, 0.3) is 0 Å². The van der Waals surface area contributed by atoms with E-state index in [0.29, 0.717) is 6.42 Å². The maximum Gasteiger partial charge on any atom is 0.321 e. The van der Waals surface area contributed by atoms with Gasteiger partial charge in [-0.2, -0.15) is 5.26 Å². The van der Waals surface area contributed by atoms with E-state index in [1.165, 1.54) is 30.3 Å². The highest BCUT2D eigenvalue weighted by atomic mass is 35.5. The van der Waals surface area contributed by atoms with E-state index < -0.39 is 41.0 Å². The van der Waals surface area contributed by atoms with E-state index in [2.05, 4.69) is 11.4 Å². The van der Waals surface area contributed by atoms with E-state index in [0.717, 1.165) is 6.07 Å². The minimum absolute atomic E-state index is 0.0331. The van der Waals surface area contributed by atoms with Gasteiger partial charge in [-0.1, -0.05) is 62.2 Å². The van der Waals surface area contributed by atoms with Gasteiger partial charge in [-0.05, 0) is 35.6 Å². The number of halogens is 4. The number of nitriles is 1. The van der Waals surface area contributed by atoms with E-state index >= 15 is 8.78 Å². The van der Waals surface area contributed by atoms with Crippen LogP contribution >= 0.6 is 23.2 Å². The lowest BCUT2D eigenvalue weighted by Crippen LogP contribution is -2.44. The zero-order chi connectivity index (χ0) is 23.1. The highest BCUT2D eigenvalue weighted by Gasteiger charge is 2.61. The van der Waals surface area contributed by atoms with Crippen LogP contribution in [0.15, 0.2) is 36.4 Å². The molecule has 0 radical (unpaired) electrons. The summed E-state index contributed by atoms with van der Waals surface area (Å²) in [5.41, 5.74) is -2.15. The molecule has 0 saturated carbocycles. The fraction of sp³-hybridized carbons (Fsp3) is 0.391. The van der Waals surface area contributed by atoms with Crippen LogP contribution in [-0.2, 0) is 10.2 Å². The lowest BCUT2D eigenvalue weighted by atomic mass is 9.62. The molecule has 2 aromatic rings. The molecule has 2 aromatic carbocycles. The Labute approximate surface area is 189 Å². The van der Waals surface area contributed by atoms with Gasteiger partial charge in [0.1, 0.15) is 23.1 Å². The number of rotatable bonds is 4. The van der Waals surface area contributed by atoms with Crippen molar-refractivity contribution >= 4 is 29.2 Å². The molecule has 1 heterocycles. The van der Waals surface area contributed by atoms with E-state index in [1.807, 2.05) is 20.8 Å². The van der Waals surface area contributed by atoms with E-state index in [-0.39, 0.29) is 26.6 Å². The standard InChI is InChI=1S/C23H22Cl2F2N2O2/c1-22(2,3)10-17-23(11-28,14-8-7-12(24)9-16(14)26)18(20(29-17)21(30)31)13-5-4-6-15(25)19(13)27/h4-9,17-18,20,29H,10H2,1-3H3,(H,30,31)/t17?,18-,20+,23+/m0/s1. The van der Waals surface area contributed by atoms with Crippen LogP contribution in [0.3, 0.4) is 0 Å². The first kappa shape index (κ1) is 23.5. The Kier molecular flexibility index (Phi) is 6.35. The first-order valence-electron chi connectivity index (χ1n) is 9.72. The van der Waals surface area contributed by atoms with Gasteiger partial charge in [-0.3, -0.25) is 10.1 Å². The third kappa shape index (κ3) is 4.15. The molecule has 8 heteroatoms. The van der Waals surface area contributed by atoms with Crippen LogP contribution in [0.25, 0.3) is 0 Å². The van der Waals surface area contributed by atoms with Crippen molar-refractivity contribution in [3.63, 3.8) is 0 Å². The summed E-state index contributed by atoms with van der Waals surface area (Å²) < 4.78 is 30.3. The summed E-state index contributed by atoms with van der Waals surface area (Å²) in [6.07, 6.45) is 0.338. The molecular weight excluding hydrogens is 445 g/mol. The second-order valence-corrected chi connectivity index (χ2v) is 9.87. The first-order chi connectivity index (χ1) is 14.4. The fourth-order valence-corrected chi connectivity index (χ4v) is 4.88. The maximum atomic E-state index is 15.2. The maximum absolute atomic E-state index is 15.2. The zero-order valence-corrected chi connectivity index (χ0v) is 18.7. The number of nitrogens with one attached hydrogen (secondary N) is 1. The monoisotopic (exact) mass is 466 g/mol. The molecule has 0 bridgehead atoms. The average Bonchev–Trinajstić information content (AvgIpc) is 2.97. The number of carboxylic acid groups (broad SMARTS) is 1. The molecule has 0 spiro atoms. The van der Waals surface area contributed by atoms with Crippen molar-refractivity contribution in [1.29, 1.82) is 5.26 Å². The molecule has 31 heavy (non-hydrogen) atoms. The molecule has 1 saturated heterocycles. The topological polar surface area (TPSA) is 73.1 Å². The van der Waals surface area contributed by atoms with Gasteiger partial charge >= 0.3 is 5.97 Å². The van der Waals surface area contributed by atoms with Gasteiger partial charge in [0.05, 0.1) is 11.1 Å². The van der Waals surface area contributed by atoms with E-state index in [4.69, 9.17) is 23.2 Å². The third-order valence-electron chi connectivity index (χ3n) is 5.72. The SMILES string of the molecule is CC(C)(C)CC1N[C@@H](C(=O)O)[C@H](c2cccc(Cl)c2F)[C@]1(C#N)c1ccc(Cl)cc1F. The fourth-order valence-electron chi connectivity index (χ4n) is 4.54. The largest absolute Gasteiger partial charge is 0.480 e. The normalized spacial score (nSPS) is 25.9. The Morgan fingerprint density at radius 3 is 2.48 bits per heavy atom. The number of aliphatic carboxylic acids is 1. The highest BCUT2D eigenvalue weighted by molar-refractivity contribution is 6.31.